The van der Waals surface area contributed by atoms with E-state index in [0.717, 1.165) is 25.2 Å². The first kappa shape index (κ1) is 14.6. The minimum atomic E-state index is -0.410. The van der Waals surface area contributed by atoms with Gasteiger partial charge in [0.1, 0.15) is 0 Å². The van der Waals surface area contributed by atoms with Gasteiger partial charge >= 0.3 is 5.69 Å². The second kappa shape index (κ2) is 6.09. The lowest BCUT2D eigenvalue weighted by atomic mass is 10.1. The number of hydrogen-bond donors (Lipinski definition) is 1. The van der Waals surface area contributed by atoms with Gasteiger partial charge in [-0.3, -0.25) is 10.1 Å². The summed E-state index contributed by atoms with van der Waals surface area (Å²) in [5, 5.41) is 11.0. The maximum absolute atomic E-state index is 11.0. The van der Waals surface area contributed by atoms with Gasteiger partial charge in [0.25, 0.3) is 0 Å². The molecule has 0 amide bonds. The van der Waals surface area contributed by atoms with E-state index in [9.17, 15) is 10.1 Å². The van der Waals surface area contributed by atoms with E-state index < -0.39 is 4.92 Å². The maximum Gasteiger partial charge on any atom is 0.311 e. The largest absolute Gasteiger partial charge is 0.487 e. The second-order valence-electron chi connectivity index (χ2n) is 5.30. The zero-order valence-electron chi connectivity index (χ0n) is 11.9. The van der Waals surface area contributed by atoms with Gasteiger partial charge in [0.15, 0.2) is 5.75 Å². The number of nitrogens with zero attached hydrogens (tertiary/aromatic N) is 2. The Morgan fingerprint density at radius 2 is 2.25 bits per heavy atom. The Labute approximate surface area is 118 Å². The summed E-state index contributed by atoms with van der Waals surface area (Å²) >= 11 is 0. The van der Waals surface area contributed by atoms with Crippen LogP contribution < -0.4 is 15.4 Å². The summed E-state index contributed by atoms with van der Waals surface area (Å²) in [6.07, 6.45) is 0.813. The summed E-state index contributed by atoms with van der Waals surface area (Å²) in [6.45, 7) is 6.19. The Balaban J connectivity index is 2.25. The van der Waals surface area contributed by atoms with Gasteiger partial charge in [-0.2, -0.15) is 0 Å². The molecule has 1 aromatic rings. The topological polar surface area (TPSA) is 81.6 Å². The van der Waals surface area contributed by atoms with Crippen molar-refractivity contribution in [2.75, 3.05) is 24.6 Å². The normalized spacial score (nSPS) is 22.1. The van der Waals surface area contributed by atoms with Crippen molar-refractivity contribution in [1.29, 1.82) is 0 Å². The lowest BCUT2D eigenvalue weighted by Crippen LogP contribution is -2.28. The van der Waals surface area contributed by atoms with Gasteiger partial charge in [0, 0.05) is 37.0 Å². The quantitative estimate of drug-likeness (QED) is 0.660. The molecule has 0 aliphatic carbocycles. The fraction of sp³-hybridized carbons (Fsp3) is 0.571. The smallest absolute Gasteiger partial charge is 0.311 e. The molecule has 2 rings (SSSR count). The van der Waals surface area contributed by atoms with Crippen LogP contribution in [0.5, 0.6) is 5.75 Å². The van der Waals surface area contributed by atoms with Crippen LogP contribution in [0.15, 0.2) is 18.2 Å². The third-order valence-electron chi connectivity index (χ3n) is 3.64. The van der Waals surface area contributed by atoms with Crippen LogP contribution >= 0.6 is 0 Å². The first-order valence-electron chi connectivity index (χ1n) is 6.94. The van der Waals surface area contributed by atoms with Crippen molar-refractivity contribution in [3.63, 3.8) is 0 Å². The van der Waals surface area contributed by atoms with E-state index >= 15 is 0 Å². The molecule has 0 saturated carbocycles. The van der Waals surface area contributed by atoms with Crippen LogP contribution in [0.4, 0.5) is 11.4 Å². The number of rotatable bonds is 5. The van der Waals surface area contributed by atoms with Gasteiger partial charge in [0.2, 0.25) is 0 Å². The molecule has 110 valence electrons. The van der Waals surface area contributed by atoms with E-state index in [2.05, 4.69) is 11.8 Å². The molecule has 2 atom stereocenters. The third kappa shape index (κ3) is 3.01. The number of anilines is 1. The molecule has 1 aliphatic heterocycles. The molecule has 0 radical (unpaired) electrons. The Morgan fingerprint density at radius 3 is 2.80 bits per heavy atom. The molecule has 1 saturated heterocycles. The van der Waals surface area contributed by atoms with Crippen molar-refractivity contribution in [3.05, 3.63) is 28.3 Å². The van der Waals surface area contributed by atoms with Crippen LogP contribution in [0, 0.1) is 16.0 Å². The Bertz CT molecular complexity index is 483. The molecule has 0 spiro atoms. The SMILES string of the molecule is CCCOc1cc(N2CC(C)C(N)C2)ccc1[N+](=O)[O-]. The third-order valence-corrected chi connectivity index (χ3v) is 3.64. The summed E-state index contributed by atoms with van der Waals surface area (Å²) in [6, 6.07) is 5.17. The summed E-state index contributed by atoms with van der Waals surface area (Å²) in [5.74, 6) is 0.757. The van der Waals surface area contributed by atoms with Crippen LogP contribution in [0.2, 0.25) is 0 Å². The number of nitro benzene ring substituents is 1. The summed E-state index contributed by atoms with van der Waals surface area (Å²) in [7, 11) is 0. The molecule has 2 unspecified atom stereocenters. The minimum Gasteiger partial charge on any atom is -0.487 e. The molecule has 1 aromatic carbocycles. The fourth-order valence-electron chi connectivity index (χ4n) is 2.38. The lowest BCUT2D eigenvalue weighted by molar-refractivity contribution is -0.385. The average Bonchev–Trinajstić information content (AvgIpc) is 2.76. The van der Waals surface area contributed by atoms with Crippen molar-refractivity contribution in [2.45, 2.75) is 26.3 Å². The summed E-state index contributed by atoms with van der Waals surface area (Å²) < 4.78 is 5.50. The number of ether oxygens (including phenoxy) is 1. The van der Waals surface area contributed by atoms with E-state index in [4.69, 9.17) is 10.5 Å². The highest BCUT2D eigenvalue weighted by molar-refractivity contribution is 5.60. The fourth-order valence-corrected chi connectivity index (χ4v) is 2.38. The van der Waals surface area contributed by atoms with Crippen molar-refractivity contribution >= 4 is 11.4 Å². The Kier molecular flexibility index (Phi) is 4.44. The molecule has 20 heavy (non-hydrogen) atoms. The average molecular weight is 279 g/mol. The lowest BCUT2D eigenvalue weighted by Gasteiger charge is -2.19. The highest BCUT2D eigenvalue weighted by Crippen LogP contribution is 2.33. The Morgan fingerprint density at radius 1 is 1.50 bits per heavy atom. The maximum atomic E-state index is 11.0. The number of nitrogens with two attached hydrogens (primary N) is 1. The van der Waals surface area contributed by atoms with Crippen molar-refractivity contribution in [2.24, 2.45) is 11.7 Å². The van der Waals surface area contributed by atoms with Crippen LogP contribution in [-0.2, 0) is 0 Å². The number of benzene rings is 1. The summed E-state index contributed by atoms with van der Waals surface area (Å²) in [4.78, 5) is 12.8. The molecular weight excluding hydrogens is 258 g/mol. The van der Waals surface area contributed by atoms with Gasteiger partial charge in [-0.1, -0.05) is 13.8 Å². The van der Waals surface area contributed by atoms with Crippen molar-refractivity contribution in [1.82, 2.24) is 0 Å². The van der Waals surface area contributed by atoms with Crippen molar-refractivity contribution in [3.8, 4) is 5.75 Å². The van der Waals surface area contributed by atoms with E-state index in [1.165, 1.54) is 6.07 Å². The van der Waals surface area contributed by atoms with Gasteiger partial charge in [0.05, 0.1) is 11.5 Å². The highest BCUT2D eigenvalue weighted by Gasteiger charge is 2.28. The summed E-state index contributed by atoms with van der Waals surface area (Å²) in [5.41, 5.74) is 6.97. The van der Waals surface area contributed by atoms with Crippen LogP contribution in [0.3, 0.4) is 0 Å². The predicted molar refractivity (Wildman–Crippen MR) is 78.2 cm³/mol. The molecule has 6 heteroatoms. The predicted octanol–water partition coefficient (Wildman–Crippen LogP) is 2.17. The first-order valence-corrected chi connectivity index (χ1v) is 6.94. The molecular formula is C14H21N3O3. The van der Waals surface area contributed by atoms with E-state index in [1.54, 1.807) is 12.1 Å². The zero-order valence-corrected chi connectivity index (χ0v) is 11.9. The van der Waals surface area contributed by atoms with Crippen LogP contribution in [0.1, 0.15) is 20.3 Å². The molecule has 6 nitrogen and oxygen atoms in total. The minimum absolute atomic E-state index is 0.0127. The first-order chi connectivity index (χ1) is 9.52. The molecule has 0 bridgehead atoms. The van der Waals surface area contributed by atoms with Crippen molar-refractivity contribution < 1.29 is 9.66 Å². The monoisotopic (exact) mass is 279 g/mol. The van der Waals surface area contributed by atoms with Gasteiger partial charge in [-0.15, -0.1) is 0 Å². The standard InChI is InChI=1S/C14H21N3O3/c1-3-6-20-14-7-11(4-5-13(14)17(18)19)16-8-10(2)12(15)9-16/h4-5,7,10,12H,3,6,8-9,15H2,1-2H3. The van der Waals surface area contributed by atoms with Gasteiger partial charge < -0.3 is 15.4 Å². The zero-order chi connectivity index (χ0) is 14.7. The molecule has 0 aromatic heterocycles. The van der Waals surface area contributed by atoms with Crippen LogP contribution in [0.25, 0.3) is 0 Å². The number of hydrogen-bond acceptors (Lipinski definition) is 5. The van der Waals surface area contributed by atoms with Gasteiger partial charge in [-0.25, -0.2) is 0 Å². The van der Waals surface area contributed by atoms with Gasteiger partial charge in [-0.05, 0) is 18.4 Å². The van der Waals surface area contributed by atoms with E-state index in [0.29, 0.717) is 18.3 Å². The molecule has 1 heterocycles. The highest BCUT2D eigenvalue weighted by atomic mass is 16.6. The molecule has 1 aliphatic rings. The van der Waals surface area contributed by atoms with Crippen LogP contribution in [-0.4, -0.2) is 30.7 Å². The molecule has 2 N–H and O–H groups in total. The van der Waals surface area contributed by atoms with E-state index in [1.807, 2.05) is 6.92 Å². The van der Waals surface area contributed by atoms with E-state index in [-0.39, 0.29) is 11.7 Å². The molecule has 1 fully saturated rings. The second-order valence-corrected chi connectivity index (χ2v) is 5.30. The number of nitro groups is 1. The Hall–Kier alpha value is -1.82.